The minimum atomic E-state index is 0.897. The van der Waals surface area contributed by atoms with Crippen molar-refractivity contribution in [2.75, 3.05) is 0 Å². The highest BCUT2D eigenvalue weighted by molar-refractivity contribution is 6.24. The van der Waals surface area contributed by atoms with Gasteiger partial charge in [0, 0.05) is 16.2 Å². The second kappa shape index (κ2) is 12.0. The maximum atomic E-state index is 5.49. The minimum Gasteiger partial charge on any atom is -0.294 e. The van der Waals surface area contributed by atoms with Crippen molar-refractivity contribution in [3.8, 4) is 50.3 Å². The molecule has 0 N–H and O–H groups in total. The zero-order valence-electron chi connectivity index (χ0n) is 27.9. The number of benzene rings is 8. The van der Waals surface area contributed by atoms with E-state index < -0.39 is 0 Å². The van der Waals surface area contributed by atoms with Gasteiger partial charge in [-0.25, -0.2) is 4.98 Å². The molecule has 10 aromatic rings. The van der Waals surface area contributed by atoms with Crippen molar-refractivity contribution in [2.24, 2.45) is 0 Å². The third-order valence-electron chi connectivity index (χ3n) is 10.2. The number of hydrogen-bond donors (Lipinski definition) is 0. The molecule has 8 aromatic carbocycles. The van der Waals surface area contributed by atoms with Crippen LogP contribution in [0, 0.1) is 0 Å². The van der Waals surface area contributed by atoms with Gasteiger partial charge < -0.3 is 0 Å². The van der Waals surface area contributed by atoms with Crippen molar-refractivity contribution < 1.29 is 0 Å². The number of nitrogens with zero attached hydrogens (tertiary/aromatic N) is 2. The monoisotopic (exact) mass is 648 g/mol. The highest BCUT2D eigenvalue weighted by Crippen LogP contribution is 2.43. The first kappa shape index (κ1) is 29.2. The Morgan fingerprint density at radius 1 is 0.314 bits per heavy atom. The van der Waals surface area contributed by atoms with E-state index in [-0.39, 0.29) is 0 Å². The molecule has 2 heterocycles. The average molecular weight is 649 g/mol. The Morgan fingerprint density at radius 2 is 0.824 bits per heavy atom. The van der Waals surface area contributed by atoms with Crippen LogP contribution >= 0.6 is 0 Å². The van der Waals surface area contributed by atoms with E-state index in [0.29, 0.717) is 0 Å². The molecule has 0 radical (unpaired) electrons. The van der Waals surface area contributed by atoms with Gasteiger partial charge in [-0.1, -0.05) is 164 Å². The lowest BCUT2D eigenvalue weighted by Gasteiger charge is -2.15. The normalized spacial score (nSPS) is 11.5. The van der Waals surface area contributed by atoms with Crippen LogP contribution in [-0.2, 0) is 0 Å². The summed E-state index contributed by atoms with van der Waals surface area (Å²) in [5.41, 5.74) is 12.7. The second-order valence-electron chi connectivity index (χ2n) is 13.2. The fourth-order valence-corrected chi connectivity index (χ4v) is 7.78. The van der Waals surface area contributed by atoms with Gasteiger partial charge in [0.25, 0.3) is 0 Å². The summed E-state index contributed by atoms with van der Waals surface area (Å²) < 4.78 is 2.40. The van der Waals surface area contributed by atoms with Gasteiger partial charge in [0.1, 0.15) is 5.82 Å². The van der Waals surface area contributed by atoms with Crippen LogP contribution in [0.3, 0.4) is 0 Å². The summed E-state index contributed by atoms with van der Waals surface area (Å²) in [7, 11) is 0. The average Bonchev–Trinajstić information content (AvgIpc) is 3.55. The highest BCUT2D eigenvalue weighted by Gasteiger charge is 2.21. The largest absolute Gasteiger partial charge is 0.294 e. The number of fused-ring (bicyclic) bond motifs is 6. The minimum absolute atomic E-state index is 0.897. The van der Waals surface area contributed by atoms with Crippen molar-refractivity contribution in [1.29, 1.82) is 0 Å². The molecule has 0 fully saturated rings. The lowest BCUT2D eigenvalue weighted by atomic mass is 9.94. The third kappa shape index (κ3) is 4.92. The Kier molecular flexibility index (Phi) is 6.85. The van der Waals surface area contributed by atoms with E-state index in [1.165, 1.54) is 54.9 Å². The van der Waals surface area contributed by atoms with E-state index in [1.54, 1.807) is 0 Å². The van der Waals surface area contributed by atoms with E-state index in [9.17, 15) is 0 Å². The predicted octanol–water partition coefficient (Wildman–Crippen LogP) is 13.2. The molecule has 10 rings (SSSR count). The molecule has 0 aliphatic carbocycles. The molecule has 2 heteroatoms. The Morgan fingerprint density at radius 3 is 1.45 bits per heavy atom. The molecule has 0 spiro atoms. The van der Waals surface area contributed by atoms with Crippen LogP contribution in [-0.4, -0.2) is 9.55 Å². The summed E-state index contributed by atoms with van der Waals surface area (Å²) in [4.78, 5) is 5.49. The van der Waals surface area contributed by atoms with Crippen LogP contribution in [0.2, 0.25) is 0 Å². The Bertz CT molecular complexity index is 2870. The summed E-state index contributed by atoms with van der Waals surface area (Å²) in [5, 5.41) is 6.06. The van der Waals surface area contributed by atoms with E-state index in [1.807, 2.05) is 0 Å². The van der Waals surface area contributed by atoms with E-state index in [0.717, 1.165) is 38.9 Å². The van der Waals surface area contributed by atoms with Crippen molar-refractivity contribution >= 4 is 43.5 Å². The van der Waals surface area contributed by atoms with Gasteiger partial charge in [-0.05, 0) is 85.6 Å². The van der Waals surface area contributed by atoms with Gasteiger partial charge in [0.05, 0.1) is 16.6 Å². The van der Waals surface area contributed by atoms with Gasteiger partial charge in [-0.3, -0.25) is 4.57 Å². The van der Waals surface area contributed by atoms with Crippen LogP contribution in [0.5, 0.6) is 0 Å². The summed E-state index contributed by atoms with van der Waals surface area (Å²) in [5.74, 6) is 0.897. The fraction of sp³-hybridized carbons (Fsp3) is 0. The topological polar surface area (TPSA) is 17.8 Å². The van der Waals surface area contributed by atoms with E-state index in [4.69, 9.17) is 4.98 Å². The van der Waals surface area contributed by atoms with Gasteiger partial charge in [0.15, 0.2) is 0 Å². The Labute approximate surface area is 296 Å². The van der Waals surface area contributed by atoms with Crippen molar-refractivity contribution in [3.63, 3.8) is 0 Å². The lowest BCUT2D eigenvalue weighted by Crippen LogP contribution is -2.00. The SMILES string of the molecule is c1ccc(-c2ccc3nc(-n4c5cc(-c6ccccc6)ccc5c5c6ccccc6c(-c6ccccc6)cc54)cc(-c4ccccc4)c3c2)cc1. The van der Waals surface area contributed by atoms with Crippen LogP contribution in [0.1, 0.15) is 0 Å². The molecule has 0 saturated heterocycles. The zero-order chi connectivity index (χ0) is 33.7. The predicted molar refractivity (Wildman–Crippen MR) is 215 cm³/mol. The maximum Gasteiger partial charge on any atom is 0.138 e. The fourth-order valence-electron chi connectivity index (χ4n) is 7.78. The molecule has 2 nitrogen and oxygen atoms in total. The standard InChI is InChI=1S/C49H32N2/c1-5-15-33(16-6-1)37-26-28-45-44(29-37)43(36-21-11-4-12-22-36)32-48(50-45)51-46-30-38(34-17-7-2-8-18-34)25-27-41(46)49-40-24-14-13-23-39(40)42(31-47(49)51)35-19-9-3-10-20-35/h1-32H. The Hall–Kier alpha value is -6.77. The van der Waals surface area contributed by atoms with Gasteiger partial charge in [0.2, 0.25) is 0 Å². The molecular weight excluding hydrogens is 617 g/mol. The molecule has 0 aliphatic heterocycles. The van der Waals surface area contributed by atoms with E-state index in [2.05, 4.69) is 199 Å². The smallest absolute Gasteiger partial charge is 0.138 e. The second-order valence-corrected chi connectivity index (χ2v) is 13.2. The molecule has 0 unspecified atom stereocenters. The zero-order valence-corrected chi connectivity index (χ0v) is 27.9. The summed E-state index contributed by atoms with van der Waals surface area (Å²) in [6, 6.07) is 69.8. The molecule has 0 saturated carbocycles. The number of pyridine rings is 1. The van der Waals surface area contributed by atoms with Crippen LogP contribution < -0.4 is 0 Å². The molecule has 2 aromatic heterocycles. The first-order valence-electron chi connectivity index (χ1n) is 17.5. The molecule has 0 aliphatic rings. The third-order valence-corrected chi connectivity index (χ3v) is 10.2. The van der Waals surface area contributed by atoms with Gasteiger partial charge in [-0.2, -0.15) is 0 Å². The number of aromatic nitrogens is 2. The van der Waals surface area contributed by atoms with Crippen LogP contribution in [0.25, 0.3) is 93.8 Å². The quantitative estimate of drug-likeness (QED) is 0.182. The van der Waals surface area contributed by atoms with Crippen molar-refractivity contribution in [2.45, 2.75) is 0 Å². The van der Waals surface area contributed by atoms with Crippen LogP contribution in [0.4, 0.5) is 0 Å². The Balaban J connectivity index is 1.34. The molecule has 238 valence electrons. The number of hydrogen-bond acceptors (Lipinski definition) is 1. The molecule has 51 heavy (non-hydrogen) atoms. The maximum absolute atomic E-state index is 5.49. The van der Waals surface area contributed by atoms with Crippen molar-refractivity contribution in [3.05, 3.63) is 194 Å². The summed E-state index contributed by atoms with van der Waals surface area (Å²) in [6.07, 6.45) is 0. The first-order chi connectivity index (χ1) is 25.3. The van der Waals surface area contributed by atoms with Crippen molar-refractivity contribution in [1.82, 2.24) is 9.55 Å². The van der Waals surface area contributed by atoms with E-state index >= 15 is 0 Å². The number of rotatable bonds is 5. The highest BCUT2D eigenvalue weighted by atomic mass is 15.1. The molecule has 0 bridgehead atoms. The molecule has 0 atom stereocenters. The molecular formula is C49H32N2. The summed E-state index contributed by atoms with van der Waals surface area (Å²) >= 11 is 0. The van der Waals surface area contributed by atoms with Gasteiger partial charge >= 0.3 is 0 Å². The first-order valence-corrected chi connectivity index (χ1v) is 17.5. The molecule has 0 amide bonds. The summed E-state index contributed by atoms with van der Waals surface area (Å²) in [6.45, 7) is 0. The lowest BCUT2D eigenvalue weighted by molar-refractivity contribution is 1.10. The van der Waals surface area contributed by atoms with Crippen LogP contribution in [0.15, 0.2) is 194 Å². The van der Waals surface area contributed by atoms with Gasteiger partial charge in [-0.15, -0.1) is 0 Å².